The predicted octanol–water partition coefficient (Wildman–Crippen LogP) is 3.86. The van der Waals surface area contributed by atoms with Crippen LogP contribution in [0.5, 0.6) is 5.88 Å². The zero-order chi connectivity index (χ0) is 25.8. The van der Waals surface area contributed by atoms with Crippen LogP contribution in [-0.4, -0.2) is 42.5 Å². The average molecular weight is 492 g/mol. The third-order valence-corrected chi connectivity index (χ3v) is 5.37. The fourth-order valence-electron chi connectivity index (χ4n) is 3.18. The van der Waals surface area contributed by atoms with E-state index in [1.165, 1.54) is 13.8 Å². The number of aliphatic hydroxyl groups is 3. The Morgan fingerprint density at radius 1 is 1.00 bits per heavy atom. The van der Waals surface area contributed by atoms with Gasteiger partial charge in [0, 0.05) is 11.8 Å². The first-order valence-corrected chi connectivity index (χ1v) is 10.9. The zero-order valence-electron chi connectivity index (χ0n) is 19.4. The Hall–Kier alpha value is -3.28. The van der Waals surface area contributed by atoms with Gasteiger partial charge in [-0.3, -0.25) is 4.98 Å². The summed E-state index contributed by atoms with van der Waals surface area (Å²) >= 11 is 0. The maximum atomic E-state index is 13.4. The highest BCUT2D eigenvalue weighted by molar-refractivity contribution is 5.61. The number of anilines is 1. The molecule has 11 heteroatoms. The van der Waals surface area contributed by atoms with Crippen LogP contribution in [0.3, 0.4) is 0 Å². The van der Waals surface area contributed by atoms with Crippen LogP contribution in [0.4, 0.5) is 19.1 Å². The minimum Gasteiger partial charge on any atom is -0.471 e. The number of hydrogen-bond acceptors (Lipinski definition) is 8. The van der Waals surface area contributed by atoms with Gasteiger partial charge in [0.25, 0.3) is 0 Å². The summed E-state index contributed by atoms with van der Waals surface area (Å²) in [7, 11) is 0. The quantitative estimate of drug-likeness (QED) is 0.355. The smallest absolute Gasteiger partial charge is 0.423 e. The largest absolute Gasteiger partial charge is 0.471 e. The lowest BCUT2D eigenvalue weighted by atomic mass is 10.0. The van der Waals surface area contributed by atoms with E-state index in [2.05, 4.69) is 20.3 Å². The van der Waals surface area contributed by atoms with E-state index in [4.69, 9.17) is 4.74 Å². The molecule has 8 nitrogen and oxygen atoms in total. The summed E-state index contributed by atoms with van der Waals surface area (Å²) in [5.41, 5.74) is 2.09. The summed E-state index contributed by atoms with van der Waals surface area (Å²) in [5.74, 6) is -0.729. The number of aromatic nitrogens is 3. The molecule has 4 N–H and O–H groups in total. The van der Waals surface area contributed by atoms with Gasteiger partial charge in [0.05, 0.1) is 36.7 Å². The van der Waals surface area contributed by atoms with Gasteiger partial charge >= 0.3 is 6.18 Å². The van der Waals surface area contributed by atoms with E-state index in [9.17, 15) is 28.5 Å². The van der Waals surface area contributed by atoms with Crippen molar-refractivity contribution < 1.29 is 33.2 Å². The number of alkyl halides is 3. The standard InChI is InChI=1S/C24H27F3N4O4/c1-13(17-4-6-18(7-5-17)21-9-16(11-32)8-19(12-33)30-21)29-23-28-10-20(24(25,26)27)22(31-23)35-15(3)14(2)34/h4-10,13-15,32-34H,11-12H2,1-3H3,(H,28,29,31)/t13-,14-,15-/m1/s1. The van der Waals surface area contributed by atoms with Gasteiger partial charge in [0.2, 0.25) is 11.8 Å². The highest BCUT2D eigenvalue weighted by Crippen LogP contribution is 2.36. The van der Waals surface area contributed by atoms with Crippen LogP contribution in [0.2, 0.25) is 0 Å². The van der Waals surface area contributed by atoms with Crippen molar-refractivity contribution in [1.29, 1.82) is 0 Å². The number of halogens is 3. The lowest BCUT2D eigenvalue weighted by Gasteiger charge is -2.21. The summed E-state index contributed by atoms with van der Waals surface area (Å²) in [6.45, 7) is 4.21. The van der Waals surface area contributed by atoms with Crippen molar-refractivity contribution in [1.82, 2.24) is 15.0 Å². The maximum Gasteiger partial charge on any atom is 0.423 e. The summed E-state index contributed by atoms with van der Waals surface area (Å²) in [6, 6.07) is 10.2. The van der Waals surface area contributed by atoms with Gasteiger partial charge in [-0.1, -0.05) is 24.3 Å². The van der Waals surface area contributed by atoms with Gasteiger partial charge in [0.15, 0.2) is 0 Å². The number of nitrogens with zero attached hydrogens (tertiary/aromatic N) is 3. The van der Waals surface area contributed by atoms with Crippen molar-refractivity contribution in [2.45, 2.75) is 58.4 Å². The molecule has 3 atom stereocenters. The Balaban J connectivity index is 1.81. The molecule has 0 aliphatic heterocycles. The molecule has 2 heterocycles. The monoisotopic (exact) mass is 492 g/mol. The molecule has 0 saturated heterocycles. The van der Waals surface area contributed by atoms with Crippen LogP contribution in [0.1, 0.15) is 49.2 Å². The number of hydrogen-bond donors (Lipinski definition) is 4. The van der Waals surface area contributed by atoms with E-state index in [1.54, 1.807) is 19.1 Å². The minimum absolute atomic E-state index is 0.0627. The molecule has 0 amide bonds. The molecule has 0 unspecified atom stereocenters. The SMILES string of the molecule is C[C@@H](Nc1ncc(C(F)(F)F)c(O[C@H](C)[C@@H](C)O)n1)c1ccc(-c2cc(CO)cc(CO)n2)cc1. The van der Waals surface area contributed by atoms with Crippen LogP contribution in [-0.2, 0) is 19.4 Å². The fraction of sp³-hybridized carbons (Fsp3) is 0.375. The molecule has 2 aromatic heterocycles. The van der Waals surface area contributed by atoms with Gasteiger partial charge in [0.1, 0.15) is 11.7 Å². The van der Waals surface area contributed by atoms with Gasteiger partial charge in [-0.15, -0.1) is 0 Å². The third kappa shape index (κ3) is 6.65. The first-order valence-electron chi connectivity index (χ1n) is 10.9. The van der Waals surface area contributed by atoms with Crippen molar-refractivity contribution in [2.24, 2.45) is 0 Å². The van der Waals surface area contributed by atoms with Crippen LogP contribution in [0.15, 0.2) is 42.6 Å². The molecule has 188 valence electrons. The molecular formula is C24H27F3N4O4. The van der Waals surface area contributed by atoms with E-state index in [-0.39, 0.29) is 25.2 Å². The highest BCUT2D eigenvalue weighted by atomic mass is 19.4. The third-order valence-electron chi connectivity index (χ3n) is 5.37. The van der Waals surface area contributed by atoms with E-state index >= 15 is 0 Å². The summed E-state index contributed by atoms with van der Waals surface area (Å²) in [6.07, 6.45) is -5.98. The molecule has 0 fully saturated rings. The number of pyridine rings is 1. The molecule has 0 saturated carbocycles. The number of nitrogens with one attached hydrogen (secondary N) is 1. The Bertz CT molecular complexity index is 1120. The summed E-state index contributed by atoms with van der Waals surface area (Å²) in [5, 5.41) is 31.4. The molecule has 0 spiro atoms. The first kappa shape index (κ1) is 26.3. The second kappa shape index (κ2) is 11.0. The predicted molar refractivity (Wildman–Crippen MR) is 122 cm³/mol. The molecular weight excluding hydrogens is 465 g/mol. The van der Waals surface area contributed by atoms with Gasteiger partial charge in [-0.2, -0.15) is 18.2 Å². The van der Waals surface area contributed by atoms with Crippen LogP contribution in [0, 0.1) is 0 Å². The van der Waals surface area contributed by atoms with Crippen molar-refractivity contribution >= 4 is 5.95 Å². The highest BCUT2D eigenvalue weighted by Gasteiger charge is 2.37. The number of rotatable bonds is 9. The Labute approximate surface area is 200 Å². The van der Waals surface area contributed by atoms with E-state index in [0.717, 1.165) is 11.1 Å². The molecule has 0 radical (unpaired) electrons. The van der Waals surface area contributed by atoms with Gasteiger partial charge in [-0.05, 0) is 44.0 Å². The molecule has 3 rings (SSSR count). The molecule has 1 aromatic carbocycles. The normalized spacial score (nSPS) is 14.3. The van der Waals surface area contributed by atoms with Crippen LogP contribution >= 0.6 is 0 Å². The molecule has 0 bridgehead atoms. The fourth-order valence-corrected chi connectivity index (χ4v) is 3.18. The number of ether oxygens (including phenoxy) is 1. The van der Waals surface area contributed by atoms with Gasteiger partial charge < -0.3 is 25.4 Å². The molecule has 3 aromatic rings. The molecule has 35 heavy (non-hydrogen) atoms. The maximum absolute atomic E-state index is 13.4. The lowest BCUT2D eigenvalue weighted by Crippen LogP contribution is -2.27. The van der Waals surface area contributed by atoms with Crippen molar-refractivity contribution in [3.63, 3.8) is 0 Å². The summed E-state index contributed by atoms with van der Waals surface area (Å²) < 4.78 is 45.3. The van der Waals surface area contributed by atoms with Gasteiger partial charge in [-0.25, -0.2) is 4.98 Å². The van der Waals surface area contributed by atoms with E-state index in [0.29, 0.717) is 23.1 Å². The topological polar surface area (TPSA) is 121 Å². The van der Waals surface area contributed by atoms with E-state index < -0.39 is 29.8 Å². The summed E-state index contributed by atoms with van der Waals surface area (Å²) in [4.78, 5) is 12.0. The van der Waals surface area contributed by atoms with Crippen molar-refractivity contribution in [3.8, 4) is 17.1 Å². The lowest BCUT2D eigenvalue weighted by molar-refractivity contribution is -0.140. The Kier molecular flexibility index (Phi) is 8.26. The first-order chi connectivity index (χ1) is 16.5. The second-order valence-corrected chi connectivity index (χ2v) is 8.13. The number of benzene rings is 1. The minimum atomic E-state index is -4.72. The Morgan fingerprint density at radius 3 is 2.26 bits per heavy atom. The molecule has 0 aliphatic carbocycles. The number of aliphatic hydroxyl groups excluding tert-OH is 3. The second-order valence-electron chi connectivity index (χ2n) is 8.13. The average Bonchev–Trinajstić information content (AvgIpc) is 2.83. The Morgan fingerprint density at radius 2 is 1.69 bits per heavy atom. The van der Waals surface area contributed by atoms with Crippen LogP contribution in [0.25, 0.3) is 11.3 Å². The molecule has 0 aliphatic rings. The van der Waals surface area contributed by atoms with Crippen molar-refractivity contribution in [3.05, 3.63) is 65.0 Å². The zero-order valence-corrected chi connectivity index (χ0v) is 19.4. The van der Waals surface area contributed by atoms with Crippen molar-refractivity contribution in [2.75, 3.05) is 5.32 Å². The van der Waals surface area contributed by atoms with Crippen LogP contribution < -0.4 is 10.1 Å². The van der Waals surface area contributed by atoms with E-state index in [1.807, 2.05) is 24.3 Å².